The maximum absolute atomic E-state index is 12.8. The summed E-state index contributed by atoms with van der Waals surface area (Å²) in [5.41, 5.74) is 0.858. The lowest BCUT2D eigenvalue weighted by Crippen LogP contribution is -2.50. The van der Waals surface area contributed by atoms with Crippen LogP contribution in [-0.2, 0) is 11.3 Å². The number of rotatable bonds is 5. The van der Waals surface area contributed by atoms with E-state index in [4.69, 9.17) is 5.11 Å². The van der Waals surface area contributed by atoms with Gasteiger partial charge in [0.25, 0.3) is 0 Å². The molecule has 1 amide bonds. The molecule has 2 fully saturated rings. The largest absolute Gasteiger partial charge is 0.395 e. The highest BCUT2D eigenvalue weighted by atomic mass is 32.1. The minimum Gasteiger partial charge on any atom is -0.395 e. The lowest BCUT2D eigenvalue weighted by molar-refractivity contribution is -0.146. The van der Waals surface area contributed by atoms with Gasteiger partial charge in [-0.1, -0.05) is 18.3 Å². The first-order valence-corrected chi connectivity index (χ1v) is 9.27. The number of likely N-dealkylation sites (tertiary alicyclic amines) is 2. The smallest absolute Gasteiger partial charge is 0.230 e. The molecule has 128 valence electrons. The zero-order chi connectivity index (χ0) is 16.4. The van der Waals surface area contributed by atoms with Crippen LogP contribution in [0.15, 0.2) is 0 Å². The predicted octanol–water partition coefficient (Wildman–Crippen LogP) is 1.47. The molecule has 1 atom stereocenters. The number of nitrogens with zero attached hydrogens (tertiary/aromatic N) is 4. The Labute approximate surface area is 141 Å². The zero-order valence-electron chi connectivity index (χ0n) is 14.0. The van der Waals surface area contributed by atoms with E-state index in [9.17, 15) is 4.79 Å². The Bertz CT molecular complexity index is 560. The van der Waals surface area contributed by atoms with E-state index in [-0.39, 0.29) is 17.9 Å². The number of carbonyl (C=O) groups is 1. The van der Waals surface area contributed by atoms with Crippen molar-refractivity contribution < 1.29 is 9.90 Å². The van der Waals surface area contributed by atoms with Crippen molar-refractivity contribution in [2.75, 3.05) is 32.8 Å². The highest BCUT2D eigenvalue weighted by molar-refractivity contribution is 7.05. The number of aromatic nitrogens is 2. The van der Waals surface area contributed by atoms with Crippen LogP contribution >= 0.6 is 11.5 Å². The predicted molar refractivity (Wildman–Crippen MR) is 89.2 cm³/mol. The van der Waals surface area contributed by atoms with E-state index in [1.54, 1.807) is 0 Å². The van der Waals surface area contributed by atoms with Gasteiger partial charge in [0.15, 0.2) is 0 Å². The van der Waals surface area contributed by atoms with Crippen molar-refractivity contribution in [2.24, 2.45) is 5.41 Å². The average molecular weight is 338 g/mol. The molecule has 0 radical (unpaired) electrons. The molecule has 1 spiro atoms. The van der Waals surface area contributed by atoms with Gasteiger partial charge in [0, 0.05) is 26.2 Å². The summed E-state index contributed by atoms with van der Waals surface area (Å²) in [7, 11) is 0. The summed E-state index contributed by atoms with van der Waals surface area (Å²) in [5, 5.41) is 13.4. The second-order valence-electron chi connectivity index (χ2n) is 7.10. The van der Waals surface area contributed by atoms with Gasteiger partial charge in [0.05, 0.1) is 22.6 Å². The molecule has 1 aromatic heterocycles. The molecular formula is C16H26N4O2S. The van der Waals surface area contributed by atoms with E-state index in [0.717, 1.165) is 51.1 Å². The van der Waals surface area contributed by atoms with Crippen LogP contribution in [0.4, 0.5) is 0 Å². The van der Waals surface area contributed by atoms with Gasteiger partial charge in [-0.3, -0.25) is 9.69 Å². The molecule has 3 rings (SSSR count). The number of amides is 1. The van der Waals surface area contributed by atoms with Crippen LogP contribution < -0.4 is 0 Å². The Kier molecular flexibility index (Phi) is 4.98. The molecule has 2 aliphatic rings. The van der Waals surface area contributed by atoms with Crippen molar-refractivity contribution in [1.82, 2.24) is 19.4 Å². The molecule has 6 nitrogen and oxygen atoms in total. The Balaban J connectivity index is 1.68. The molecule has 2 saturated heterocycles. The van der Waals surface area contributed by atoms with Gasteiger partial charge in [-0.2, -0.15) is 0 Å². The minimum absolute atomic E-state index is 0.0514. The topological polar surface area (TPSA) is 69.6 Å². The fourth-order valence-electron chi connectivity index (χ4n) is 3.92. The lowest BCUT2D eigenvalue weighted by Gasteiger charge is -2.39. The van der Waals surface area contributed by atoms with Gasteiger partial charge in [0.1, 0.15) is 0 Å². The summed E-state index contributed by atoms with van der Waals surface area (Å²) in [6.45, 7) is 8.22. The molecule has 2 aliphatic heterocycles. The van der Waals surface area contributed by atoms with Crippen molar-refractivity contribution in [1.29, 1.82) is 0 Å². The Morgan fingerprint density at radius 1 is 1.35 bits per heavy atom. The molecule has 0 aromatic carbocycles. The zero-order valence-corrected chi connectivity index (χ0v) is 14.8. The molecule has 23 heavy (non-hydrogen) atoms. The van der Waals surface area contributed by atoms with Crippen LogP contribution in [-0.4, -0.2) is 63.2 Å². The molecule has 3 heterocycles. The molecule has 0 unspecified atom stereocenters. The van der Waals surface area contributed by atoms with Crippen molar-refractivity contribution in [3.63, 3.8) is 0 Å². The number of hydrogen-bond donors (Lipinski definition) is 1. The molecular weight excluding hydrogens is 312 g/mol. The first kappa shape index (κ1) is 16.8. The third-order valence-electron chi connectivity index (χ3n) is 5.13. The summed E-state index contributed by atoms with van der Waals surface area (Å²) >= 11 is 1.48. The van der Waals surface area contributed by atoms with Crippen molar-refractivity contribution in [2.45, 2.75) is 45.6 Å². The molecule has 1 N–H and O–H groups in total. The first-order chi connectivity index (χ1) is 11.1. The maximum Gasteiger partial charge on any atom is 0.230 e. The van der Waals surface area contributed by atoms with E-state index < -0.39 is 0 Å². The molecule has 0 saturated carbocycles. The highest BCUT2D eigenvalue weighted by Crippen LogP contribution is 2.40. The van der Waals surface area contributed by atoms with Crippen molar-refractivity contribution in [3.8, 4) is 0 Å². The van der Waals surface area contributed by atoms with Gasteiger partial charge >= 0.3 is 0 Å². The second-order valence-corrected chi connectivity index (χ2v) is 7.94. The average Bonchev–Trinajstić information content (AvgIpc) is 3.13. The summed E-state index contributed by atoms with van der Waals surface area (Å²) < 4.78 is 4.10. The number of aliphatic hydroxyl groups excluding tert-OH is 1. The Morgan fingerprint density at radius 2 is 2.17 bits per heavy atom. The fourth-order valence-corrected chi connectivity index (χ4v) is 4.76. The van der Waals surface area contributed by atoms with Crippen molar-refractivity contribution >= 4 is 17.4 Å². The van der Waals surface area contributed by atoms with Crippen molar-refractivity contribution in [3.05, 3.63) is 10.6 Å². The number of hydrogen-bond acceptors (Lipinski definition) is 6. The maximum atomic E-state index is 12.8. The number of carbonyl (C=O) groups excluding carboxylic acids is 1. The third-order valence-corrected chi connectivity index (χ3v) is 5.85. The summed E-state index contributed by atoms with van der Waals surface area (Å²) in [5.74, 6) is 0.628. The van der Waals surface area contributed by atoms with Gasteiger partial charge in [-0.15, -0.1) is 5.10 Å². The van der Waals surface area contributed by atoms with Gasteiger partial charge in [-0.25, -0.2) is 0 Å². The van der Waals surface area contributed by atoms with E-state index in [2.05, 4.69) is 28.3 Å². The van der Waals surface area contributed by atoms with E-state index >= 15 is 0 Å². The second kappa shape index (κ2) is 6.83. The monoisotopic (exact) mass is 338 g/mol. The highest BCUT2D eigenvalue weighted by Gasteiger charge is 2.48. The first-order valence-electron chi connectivity index (χ1n) is 8.49. The number of piperidine rings is 1. The Morgan fingerprint density at radius 3 is 2.91 bits per heavy atom. The SMILES string of the molecule is CC(C)c1nnsc1CN1CC[C@@]2(CCCN(CCO)C2=O)C1. The van der Waals surface area contributed by atoms with Crippen LogP contribution in [0.3, 0.4) is 0 Å². The van der Waals surface area contributed by atoms with E-state index in [1.165, 1.54) is 16.4 Å². The van der Waals surface area contributed by atoms with E-state index in [1.807, 2.05) is 4.90 Å². The Hall–Kier alpha value is -1.05. The number of aliphatic hydroxyl groups is 1. The van der Waals surface area contributed by atoms with Crippen LogP contribution in [0.25, 0.3) is 0 Å². The molecule has 0 bridgehead atoms. The third kappa shape index (κ3) is 3.27. The molecule has 0 aliphatic carbocycles. The van der Waals surface area contributed by atoms with Crippen LogP contribution in [0.1, 0.15) is 49.6 Å². The normalized spacial score (nSPS) is 25.9. The van der Waals surface area contributed by atoms with E-state index in [0.29, 0.717) is 12.5 Å². The molecule has 1 aromatic rings. The number of β-amino-alcohol motifs (C(OH)–C–C–N with tert-alkyl or cyclic N) is 1. The summed E-state index contributed by atoms with van der Waals surface area (Å²) in [4.78, 5) is 18.3. The van der Waals surface area contributed by atoms with Gasteiger partial charge in [-0.05, 0) is 43.3 Å². The molecule has 7 heteroatoms. The quantitative estimate of drug-likeness (QED) is 0.880. The fraction of sp³-hybridized carbons (Fsp3) is 0.812. The van der Waals surface area contributed by atoms with Crippen LogP contribution in [0.5, 0.6) is 0 Å². The summed E-state index contributed by atoms with van der Waals surface area (Å²) in [6.07, 6.45) is 2.94. The van der Waals surface area contributed by atoms with Gasteiger partial charge in [0.2, 0.25) is 5.91 Å². The van der Waals surface area contributed by atoms with Crippen LogP contribution in [0, 0.1) is 5.41 Å². The lowest BCUT2D eigenvalue weighted by atomic mass is 9.78. The van der Waals surface area contributed by atoms with Gasteiger partial charge < -0.3 is 10.0 Å². The van der Waals surface area contributed by atoms with Crippen LogP contribution in [0.2, 0.25) is 0 Å². The summed E-state index contributed by atoms with van der Waals surface area (Å²) in [6, 6.07) is 0. The minimum atomic E-state index is -0.233. The standard InChI is InChI=1S/C16H26N4O2S/c1-12(2)14-13(23-18-17-14)10-19-7-5-16(11-19)4-3-6-20(8-9-21)15(16)22/h12,21H,3-11H2,1-2H3/t16-/m0/s1.